The van der Waals surface area contributed by atoms with E-state index in [0.717, 1.165) is 11.3 Å². The van der Waals surface area contributed by atoms with Gasteiger partial charge in [0.15, 0.2) is 12.4 Å². The first-order chi connectivity index (χ1) is 12.6. The molecular formula is C17H14Cl3N3O3S. The van der Waals surface area contributed by atoms with E-state index in [-0.39, 0.29) is 38.9 Å². The minimum atomic E-state index is -0.529. The maximum Gasteiger partial charge on any atom is 0.263 e. The Morgan fingerprint density at radius 3 is 2.37 bits per heavy atom. The van der Waals surface area contributed by atoms with Gasteiger partial charge in [0.2, 0.25) is 0 Å². The number of anilines is 1. The van der Waals surface area contributed by atoms with E-state index >= 15 is 0 Å². The van der Waals surface area contributed by atoms with Gasteiger partial charge in [-0.1, -0.05) is 34.8 Å². The maximum atomic E-state index is 12.2. The summed E-state index contributed by atoms with van der Waals surface area (Å²) in [6.07, 6.45) is 0. The number of hydrogen-bond donors (Lipinski definition) is 1. The largest absolute Gasteiger partial charge is 0.481 e. The second-order valence-electron chi connectivity index (χ2n) is 5.61. The molecule has 2 amide bonds. The van der Waals surface area contributed by atoms with Crippen molar-refractivity contribution in [1.29, 1.82) is 5.26 Å². The average molecular weight is 447 g/mol. The Labute approximate surface area is 175 Å². The highest BCUT2D eigenvalue weighted by Crippen LogP contribution is 2.36. The van der Waals surface area contributed by atoms with Crippen LogP contribution in [0.15, 0.2) is 12.1 Å². The van der Waals surface area contributed by atoms with Gasteiger partial charge in [0.1, 0.15) is 11.1 Å². The second-order valence-corrected chi connectivity index (χ2v) is 7.88. The molecule has 0 aliphatic rings. The molecule has 10 heteroatoms. The summed E-state index contributed by atoms with van der Waals surface area (Å²) in [5.41, 5.74) is 0.752. The topological polar surface area (TPSA) is 82.4 Å². The van der Waals surface area contributed by atoms with E-state index in [1.165, 1.54) is 17.0 Å². The lowest BCUT2D eigenvalue weighted by Gasteiger charge is -2.10. The minimum absolute atomic E-state index is 0.129. The third-order valence-corrected chi connectivity index (χ3v) is 5.40. The van der Waals surface area contributed by atoms with Crippen LogP contribution in [0.2, 0.25) is 15.1 Å². The van der Waals surface area contributed by atoms with Crippen LogP contribution < -0.4 is 10.1 Å². The highest BCUT2D eigenvalue weighted by Gasteiger charge is 2.22. The zero-order valence-corrected chi connectivity index (χ0v) is 17.6. The van der Waals surface area contributed by atoms with Crippen molar-refractivity contribution < 1.29 is 14.3 Å². The van der Waals surface area contributed by atoms with E-state index in [4.69, 9.17) is 39.5 Å². The lowest BCUT2D eigenvalue weighted by molar-refractivity contribution is -0.118. The first-order valence-electron chi connectivity index (χ1n) is 7.48. The first-order valence-corrected chi connectivity index (χ1v) is 9.43. The molecule has 0 aliphatic heterocycles. The molecule has 0 saturated carbocycles. The standard InChI is InChI=1S/C17H14Cl3N3O3S/c1-8-10(6-21)16(27-15(8)17(25)23(2)3)22-13(24)7-26-14-11(19)4-9(18)5-12(14)20/h4-5H,7H2,1-3H3,(H,22,24). The van der Waals surface area contributed by atoms with Gasteiger partial charge in [0.05, 0.1) is 20.5 Å². The summed E-state index contributed by atoms with van der Waals surface area (Å²) in [6, 6.07) is 4.89. The predicted molar refractivity (Wildman–Crippen MR) is 107 cm³/mol. The normalized spacial score (nSPS) is 10.3. The summed E-state index contributed by atoms with van der Waals surface area (Å²) < 4.78 is 5.36. The molecule has 6 nitrogen and oxygen atoms in total. The molecule has 27 heavy (non-hydrogen) atoms. The van der Waals surface area contributed by atoms with Crippen LogP contribution in [0.3, 0.4) is 0 Å². The van der Waals surface area contributed by atoms with Crippen LogP contribution in [-0.4, -0.2) is 37.4 Å². The first kappa shape index (κ1) is 21.3. The predicted octanol–water partition coefficient (Wildman–Crippen LogP) is 4.61. The molecule has 0 bridgehead atoms. The van der Waals surface area contributed by atoms with Gasteiger partial charge in [-0.2, -0.15) is 5.26 Å². The van der Waals surface area contributed by atoms with Crippen LogP contribution in [-0.2, 0) is 4.79 Å². The highest BCUT2D eigenvalue weighted by molar-refractivity contribution is 7.18. The zero-order chi connectivity index (χ0) is 20.3. The highest BCUT2D eigenvalue weighted by atomic mass is 35.5. The Hall–Kier alpha value is -1.98. The Bertz CT molecular complexity index is 928. The number of carbonyl (C=O) groups is 2. The molecule has 1 aromatic heterocycles. The molecular weight excluding hydrogens is 433 g/mol. The van der Waals surface area contributed by atoms with Gasteiger partial charge in [0.25, 0.3) is 11.8 Å². The zero-order valence-electron chi connectivity index (χ0n) is 14.5. The summed E-state index contributed by atoms with van der Waals surface area (Å²) in [5, 5.41) is 12.9. The summed E-state index contributed by atoms with van der Waals surface area (Å²) in [4.78, 5) is 26.2. The number of nitrogens with one attached hydrogen (secondary N) is 1. The third kappa shape index (κ3) is 4.85. The van der Waals surface area contributed by atoms with Gasteiger partial charge in [-0.3, -0.25) is 9.59 Å². The molecule has 0 saturated heterocycles. The molecule has 0 spiro atoms. The SMILES string of the molecule is Cc1c(C(=O)N(C)C)sc(NC(=O)COc2c(Cl)cc(Cl)cc2Cl)c1C#N. The fraction of sp³-hybridized carbons (Fsp3) is 0.235. The molecule has 0 atom stereocenters. The van der Waals surface area contributed by atoms with Crippen LogP contribution in [0.4, 0.5) is 5.00 Å². The van der Waals surface area contributed by atoms with Crippen molar-refractivity contribution in [2.24, 2.45) is 0 Å². The Morgan fingerprint density at radius 1 is 1.26 bits per heavy atom. The second kappa shape index (κ2) is 8.81. The maximum absolute atomic E-state index is 12.2. The van der Waals surface area contributed by atoms with Crippen LogP contribution in [0.1, 0.15) is 20.8 Å². The van der Waals surface area contributed by atoms with Gasteiger partial charge in [-0.15, -0.1) is 11.3 Å². The molecule has 1 heterocycles. The summed E-state index contributed by atoms with van der Waals surface area (Å²) in [5.74, 6) is -0.645. The Balaban J connectivity index is 2.16. The van der Waals surface area contributed by atoms with Crippen LogP contribution >= 0.6 is 46.1 Å². The van der Waals surface area contributed by atoms with E-state index in [9.17, 15) is 14.9 Å². The number of benzene rings is 1. The monoisotopic (exact) mass is 445 g/mol. The molecule has 0 unspecified atom stereocenters. The van der Waals surface area contributed by atoms with Gasteiger partial charge in [-0.25, -0.2) is 0 Å². The van der Waals surface area contributed by atoms with Gasteiger partial charge in [0, 0.05) is 19.1 Å². The third-order valence-electron chi connectivity index (χ3n) is 3.42. The number of carbonyl (C=O) groups excluding carboxylic acids is 2. The molecule has 142 valence electrons. The van der Waals surface area contributed by atoms with E-state index < -0.39 is 5.91 Å². The molecule has 2 rings (SSSR count). The lowest BCUT2D eigenvalue weighted by Crippen LogP contribution is -2.21. The van der Waals surface area contributed by atoms with E-state index in [1.807, 2.05) is 6.07 Å². The van der Waals surface area contributed by atoms with Crippen molar-refractivity contribution in [2.45, 2.75) is 6.92 Å². The summed E-state index contributed by atoms with van der Waals surface area (Å²) in [7, 11) is 3.22. The quantitative estimate of drug-likeness (QED) is 0.727. The molecule has 1 aromatic carbocycles. The van der Waals surface area contributed by atoms with E-state index in [2.05, 4.69) is 5.32 Å². The molecule has 2 aromatic rings. The van der Waals surface area contributed by atoms with Crippen molar-refractivity contribution in [3.8, 4) is 11.8 Å². The average Bonchev–Trinajstić information content (AvgIpc) is 2.88. The summed E-state index contributed by atoms with van der Waals surface area (Å²) in [6.45, 7) is 1.27. The van der Waals surface area contributed by atoms with E-state index in [0.29, 0.717) is 15.5 Å². The van der Waals surface area contributed by atoms with Crippen LogP contribution in [0.5, 0.6) is 5.75 Å². The fourth-order valence-electron chi connectivity index (χ4n) is 2.11. The smallest absolute Gasteiger partial charge is 0.263 e. The number of thiophene rings is 1. The van der Waals surface area contributed by atoms with Crippen molar-refractivity contribution in [3.63, 3.8) is 0 Å². The number of rotatable bonds is 5. The van der Waals surface area contributed by atoms with Crippen LogP contribution in [0, 0.1) is 18.3 Å². The Morgan fingerprint density at radius 2 is 1.85 bits per heavy atom. The molecule has 0 fully saturated rings. The van der Waals surface area contributed by atoms with E-state index in [1.54, 1.807) is 21.0 Å². The molecule has 0 aliphatic carbocycles. The van der Waals surface area contributed by atoms with Gasteiger partial charge in [-0.05, 0) is 24.6 Å². The van der Waals surface area contributed by atoms with Crippen molar-refractivity contribution in [1.82, 2.24) is 4.90 Å². The Kier molecular flexibility index (Phi) is 6.95. The van der Waals surface area contributed by atoms with Gasteiger partial charge >= 0.3 is 0 Å². The number of amides is 2. The number of hydrogen-bond acceptors (Lipinski definition) is 5. The minimum Gasteiger partial charge on any atom is -0.481 e. The van der Waals surface area contributed by atoms with Crippen LogP contribution in [0.25, 0.3) is 0 Å². The number of nitrogens with zero attached hydrogens (tertiary/aromatic N) is 2. The van der Waals surface area contributed by atoms with Crippen molar-refractivity contribution >= 4 is 63.0 Å². The number of ether oxygens (including phenoxy) is 1. The summed E-state index contributed by atoms with van der Waals surface area (Å²) >= 11 is 18.9. The number of halogens is 3. The van der Waals surface area contributed by atoms with Crippen molar-refractivity contribution in [2.75, 3.05) is 26.0 Å². The molecule has 0 radical (unpaired) electrons. The lowest BCUT2D eigenvalue weighted by atomic mass is 10.1. The van der Waals surface area contributed by atoms with Crippen molar-refractivity contribution in [3.05, 3.63) is 43.2 Å². The molecule has 1 N–H and O–H groups in total. The number of nitriles is 1. The van der Waals surface area contributed by atoms with Gasteiger partial charge < -0.3 is 15.0 Å². The fourth-order valence-corrected chi connectivity index (χ4v) is 4.23.